The Morgan fingerprint density at radius 3 is 2.87 bits per heavy atom. The zero-order chi connectivity index (χ0) is 15.5. The minimum absolute atomic E-state index is 0.233. The van der Waals surface area contributed by atoms with Crippen LogP contribution in [0.15, 0.2) is 48.5 Å². The van der Waals surface area contributed by atoms with Crippen LogP contribution in [0.2, 0.25) is 0 Å². The minimum atomic E-state index is 0.233. The maximum atomic E-state index is 5.96. The Bertz CT molecular complexity index is 656. The van der Waals surface area contributed by atoms with Gasteiger partial charge in [-0.3, -0.25) is 0 Å². The van der Waals surface area contributed by atoms with Gasteiger partial charge in [0, 0.05) is 32.0 Å². The summed E-state index contributed by atoms with van der Waals surface area (Å²) in [7, 11) is 0. The van der Waals surface area contributed by atoms with Crippen molar-refractivity contribution in [3.8, 4) is 5.75 Å². The molecule has 1 saturated heterocycles. The molecule has 2 aromatic carbocycles. The van der Waals surface area contributed by atoms with Crippen LogP contribution in [0.25, 0.3) is 0 Å². The lowest BCUT2D eigenvalue weighted by Gasteiger charge is -2.19. The fraction of sp³-hybridized carbons (Fsp3) is 0.400. The molecule has 0 radical (unpaired) electrons. The van der Waals surface area contributed by atoms with Gasteiger partial charge in [-0.2, -0.15) is 0 Å². The predicted octanol–water partition coefficient (Wildman–Crippen LogP) is 3.49. The van der Waals surface area contributed by atoms with Gasteiger partial charge in [-0.05, 0) is 29.2 Å². The zero-order valence-electron chi connectivity index (χ0n) is 13.3. The van der Waals surface area contributed by atoms with Crippen molar-refractivity contribution in [3.05, 3.63) is 65.2 Å². The summed E-state index contributed by atoms with van der Waals surface area (Å²) in [6, 6.07) is 17.1. The number of rotatable bonds is 5. The van der Waals surface area contributed by atoms with E-state index in [0.717, 1.165) is 44.9 Å². The van der Waals surface area contributed by atoms with Crippen molar-refractivity contribution in [2.45, 2.75) is 25.5 Å². The highest BCUT2D eigenvalue weighted by Crippen LogP contribution is 2.34. The molecule has 0 amide bonds. The first-order valence-corrected chi connectivity index (χ1v) is 8.52. The van der Waals surface area contributed by atoms with Crippen LogP contribution in [0.4, 0.5) is 0 Å². The van der Waals surface area contributed by atoms with Crippen molar-refractivity contribution < 1.29 is 9.47 Å². The minimum Gasteiger partial charge on any atom is -0.493 e. The summed E-state index contributed by atoms with van der Waals surface area (Å²) in [5.41, 5.74) is 3.98. The van der Waals surface area contributed by atoms with E-state index in [1.54, 1.807) is 0 Å². The molecular weight excluding hydrogens is 286 g/mol. The monoisotopic (exact) mass is 309 g/mol. The smallest absolute Gasteiger partial charge is 0.122 e. The van der Waals surface area contributed by atoms with E-state index in [9.17, 15) is 0 Å². The fourth-order valence-corrected chi connectivity index (χ4v) is 3.61. The highest BCUT2D eigenvalue weighted by Gasteiger charge is 2.29. The molecule has 3 heteroatoms. The van der Waals surface area contributed by atoms with Crippen molar-refractivity contribution in [1.29, 1.82) is 0 Å². The van der Waals surface area contributed by atoms with Gasteiger partial charge in [0.05, 0.1) is 12.7 Å². The van der Waals surface area contributed by atoms with Crippen LogP contribution < -0.4 is 10.1 Å². The number of ether oxygens (including phenoxy) is 2. The quantitative estimate of drug-likeness (QED) is 0.917. The van der Waals surface area contributed by atoms with Gasteiger partial charge in [-0.1, -0.05) is 42.5 Å². The molecule has 2 aliphatic heterocycles. The number of hydrogen-bond acceptors (Lipinski definition) is 3. The highest BCUT2D eigenvalue weighted by molar-refractivity contribution is 5.39. The summed E-state index contributed by atoms with van der Waals surface area (Å²) >= 11 is 0. The van der Waals surface area contributed by atoms with E-state index in [-0.39, 0.29) is 6.10 Å². The van der Waals surface area contributed by atoms with Gasteiger partial charge in [-0.15, -0.1) is 0 Å². The third-order valence-electron chi connectivity index (χ3n) is 4.83. The lowest BCUT2D eigenvalue weighted by molar-refractivity contribution is 0.0904. The van der Waals surface area contributed by atoms with Gasteiger partial charge in [0.1, 0.15) is 5.75 Å². The van der Waals surface area contributed by atoms with Gasteiger partial charge >= 0.3 is 0 Å². The molecule has 0 unspecified atom stereocenters. The predicted molar refractivity (Wildman–Crippen MR) is 90.6 cm³/mol. The normalized spacial score (nSPS) is 22.8. The first kappa shape index (κ1) is 14.7. The van der Waals surface area contributed by atoms with Crippen LogP contribution >= 0.6 is 0 Å². The molecule has 2 heterocycles. The van der Waals surface area contributed by atoms with E-state index in [0.29, 0.717) is 5.92 Å². The Kier molecular flexibility index (Phi) is 4.31. The summed E-state index contributed by atoms with van der Waals surface area (Å²) in [5, 5.41) is 3.61. The van der Waals surface area contributed by atoms with E-state index < -0.39 is 0 Å². The van der Waals surface area contributed by atoms with Crippen molar-refractivity contribution >= 4 is 0 Å². The first-order chi connectivity index (χ1) is 11.4. The molecular formula is C20H23NO2. The maximum Gasteiger partial charge on any atom is 0.122 e. The number of benzene rings is 2. The van der Waals surface area contributed by atoms with Gasteiger partial charge in [0.15, 0.2) is 0 Å². The third-order valence-corrected chi connectivity index (χ3v) is 4.83. The molecule has 2 aliphatic rings. The van der Waals surface area contributed by atoms with E-state index in [4.69, 9.17) is 9.47 Å². The van der Waals surface area contributed by atoms with Crippen molar-refractivity contribution in [3.63, 3.8) is 0 Å². The SMILES string of the molecule is c1ccc([C@H]2OCC[C@@H]2CNCc2ccc3c(c2)CCO3)cc1. The summed E-state index contributed by atoms with van der Waals surface area (Å²) in [5.74, 6) is 1.61. The Morgan fingerprint density at radius 2 is 1.96 bits per heavy atom. The molecule has 4 rings (SSSR count). The van der Waals surface area contributed by atoms with Gasteiger partial charge in [0.2, 0.25) is 0 Å². The van der Waals surface area contributed by atoms with Crippen molar-refractivity contribution in [1.82, 2.24) is 5.32 Å². The van der Waals surface area contributed by atoms with Gasteiger partial charge < -0.3 is 14.8 Å². The van der Waals surface area contributed by atoms with Crippen molar-refractivity contribution in [2.24, 2.45) is 5.92 Å². The van der Waals surface area contributed by atoms with Crippen LogP contribution in [-0.4, -0.2) is 19.8 Å². The van der Waals surface area contributed by atoms with Crippen LogP contribution in [0.5, 0.6) is 5.75 Å². The van der Waals surface area contributed by atoms with E-state index in [1.165, 1.54) is 16.7 Å². The molecule has 0 bridgehead atoms. The molecule has 2 atom stereocenters. The highest BCUT2D eigenvalue weighted by atomic mass is 16.5. The van der Waals surface area contributed by atoms with E-state index in [2.05, 4.69) is 53.8 Å². The maximum absolute atomic E-state index is 5.96. The number of fused-ring (bicyclic) bond motifs is 1. The molecule has 23 heavy (non-hydrogen) atoms. The van der Waals surface area contributed by atoms with Crippen LogP contribution in [0.1, 0.15) is 29.2 Å². The number of hydrogen-bond donors (Lipinski definition) is 1. The molecule has 2 aromatic rings. The zero-order valence-corrected chi connectivity index (χ0v) is 13.3. The fourth-order valence-electron chi connectivity index (χ4n) is 3.61. The molecule has 120 valence electrons. The molecule has 0 aliphatic carbocycles. The Labute approximate surface area is 137 Å². The van der Waals surface area contributed by atoms with Crippen LogP contribution in [-0.2, 0) is 17.7 Å². The Hall–Kier alpha value is -1.84. The second-order valence-electron chi connectivity index (χ2n) is 6.42. The second kappa shape index (κ2) is 6.73. The van der Waals surface area contributed by atoms with Crippen LogP contribution in [0.3, 0.4) is 0 Å². The third kappa shape index (κ3) is 3.26. The van der Waals surface area contributed by atoms with Crippen LogP contribution in [0, 0.1) is 5.92 Å². The summed E-state index contributed by atoms with van der Waals surface area (Å²) in [6.07, 6.45) is 2.40. The average molecular weight is 309 g/mol. The summed E-state index contributed by atoms with van der Waals surface area (Å²) in [4.78, 5) is 0. The second-order valence-corrected chi connectivity index (χ2v) is 6.42. The standard InChI is InChI=1S/C20H23NO2/c1-2-4-16(5-3-1)20-18(9-11-23-20)14-21-13-15-6-7-19-17(12-15)8-10-22-19/h1-7,12,18,20-21H,8-11,13-14H2/t18-,20-/m1/s1. The number of nitrogens with one attached hydrogen (secondary N) is 1. The van der Waals surface area contributed by atoms with E-state index >= 15 is 0 Å². The largest absolute Gasteiger partial charge is 0.493 e. The lowest BCUT2D eigenvalue weighted by atomic mass is 9.95. The molecule has 1 N–H and O–H groups in total. The molecule has 3 nitrogen and oxygen atoms in total. The molecule has 0 aromatic heterocycles. The first-order valence-electron chi connectivity index (χ1n) is 8.52. The van der Waals surface area contributed by atoms with Crippen molar-refractivity contribution in [2.75, 3.05) is 19.8 Å². The molecule has 0 saturated carbocycles. The summed E-state index contributed by atoms with van der Waals surface area (Å²) in [6.45, 7) is 3.59. The Morgan fingerprint density at radius 1 is 1.04 bits per heavy atom. The Balaban J connectivity index is 1.34. The molecule has 0 spiro atoms. The summed E-state index contributed by atoms with van der Waals surface area (Å²) < 4.78 is 11.5. The molecule has 1 fully saturated rings. The van der Waals surface area contributed by atoms with Gasteiger partial charge in [0.25, 0.3) is 0 Å². The van der Waals surface area contributed by atoms with Gasteiger partial charge in [-0.25, -0.2) is 0 Å². The van der Waals surface area contributed by atoms with E-state index in [1.807, 2.05) is 0 Å². The lowest BCUT2D eigenvalue weighted by Crippen LogP contribution is -2.24. The average Bonchev–Trinajstić information content (AvgIpc) is 3.24. The topological polar surface area (TPSA) is 30.5 Å².